The molecule has 0 aliphatic heterocycles. The van der Waals surface area contributed by atoms with Crippen LogP contribution in [0.5, 0.6) is 0 Å². The molecule has 0 aliphatic carbocycles. The first kappa shape index (κ1) is 18.8. The van der Waals surface area contributed by atoms with Gasteiger partial charge in [-0.05, 0) is 50.6 Å². The Morgan fingerprint density at radius 2 is 1.79 bits per heavy atom. The lowest BCUT2D eigenvalue weighted by Crippen LogP contribution is -2.14. The maximum atomic E-state index is 13.1. The standard InChI is InChI=1S/C23H21FN4O/c1-14-12-20(19-6-4-5-7-21(19)25-14)23(29)26-22-15(2)27-28(16(22)3)13-17-8-10-18(24)11-9-17/h4-12H,13H2,1-3H3,(H,26,29). The van der Waals surface area contributed by atoms with Gasteiger partial charge in [-0.25, -0.2) is 4.39 Å². The molecule has 0 spiro atoms. The SMILES string of the molecule is Cc1cc(C(=O)Nc2c(C)nn(Cc3ccc(F)cc3)c2C)c2ccccc2n1. The van der Waals surface area contributed by atoms with Crippen molar-refractivity contribution in [3.63, 3.8) is 0 Å². The van der Waals surface area contributed by atoms with E-state index in [2.05, 4.69) is 15.4 Å². The summed E-state index contributed by atoms with van der Waals surface area (Å²) < 4.78 is 15.0. The molecule has 5 nitrogen and oxygen atoms in total. The number of anilines is 1. The Balaban J connectivity index is 1.64. The number of amides is 1. The van der Waals surface area contributed by atoms with Crippen LogP contribution in [0, 0.1) is 26.6 Å². The van der Waals surface area contributed by atoms with Crippen LogP contribution in [0.3, 0.4) is 0 Å². The van der Waals surface area contributed by atoms with Crippen LogP contribution in [0.2, 0.25) is 0 Å². The van der Waals surface area contributed by atoms with Crippen LogP contribution in [0.15, 0.2) is 54.6 Å². The van der Waals surface area contributed by atoms with Crippen molar-refractivity contribution in [1.29, 1.82) is 0 Å². The third-order valence-corrected chi connectivity index (χ3v) is 4.95. The summed E-state index contributed by atoms with van der Waals surface area (Å²) in [6.45, 7) is 6.15. The molecule has 29 heavy (non-hydrogen) atoms. The van der Waals surface area contributed by atoms with Crippen molar-refractivity contribution >= 4 is 22.5 Å². The Morgan fingerprint density at radius 1 is 1.07 bits per heavy atom. The number of fused-ring (bicyclic) bond motifs is 1. The topological polar surface area (TPSA) is 59.8 Å². The number of hydrogen-bond donors (Lipinski definition) is 1. The van der Waals surface area contributed by atoms with E-state index in [1.165, 1.54) is 12.1 Å². The number of aromatic nitrogens is 3. The molecule has 4 rings (SSSR count). The lowest BCUT2D eigenvalue weighted by molar-refractivity contribution is 0.102. The van der Waals surface area contributed by atoms with Gasteiger partial charge in [0.25, 0.3) is 5.91 Å². The fraction of sp³-hybridized carbons (Fsp3) is 0.174. The number of benzene rings is 2. The van der Waals surface area contributed by atoms with Crippen LogP contribution in [-0.4, -0.2) is 20.7 Å². The molecule has 1 N–H and O–H groups in total. The van der Waals surface area contributed by atoms with Crippen molar-refractivity contribution in [3.05, 3.63) is 88.6 Å². The molecule has 0 unspecified atom stereocenters. The van der Waals surface area contributed by atoms with Crippen molar-refractivity contribution < 1.29 is 9.18 Å². The maximum absolute atomic E-state index is 13.1. The summed E-state index contributed by atoms with van der Waals surface area (Å²) >= 11 is 0. The van der Waals surface area contributed by atoms with Crippen LogP contribution in [-0.2, 0) is 6.54 Å². The highest BCUT2D eigenvalue weighted by Gasteiger charge is 2.17. The van der Waals surface area contributed by atoms with Crippen molar-refractivity contribution in [2.75, 3.05) is 5.32 Å². The number of hydrogen-bond acceptors (Lipinski definition) is 3. The van der Waals surface area contributed by atoms with Gasteiger partial charge in [0.15, 0.2) is 0 Å². The Labute approximate surface area is 168 Å². The molecule has 0 radical (unpaired) electrons. The smallest absolute Gasteiger partial charge is 0.256 e. The second kappa shape index (κ2) is 7.47. The zero-order valence-electron chi connectivity index (χ0n) is 16.5. The molecule has 2 aromatic carbocycles. The molecule has 146 valence electrons. The molecular formula is C23H21FN4O. The normalized spacial score (nSPS) is 11.0. The van der Waals surface area contributed by atoms with Crippen LogP contribution in [0.25, 0.3) is 10.9 Å². The van der Waals surface area contributed by atoms with Gasteiger partial charge in [0.2, 0.25) is 0 Å². The molecule has 0 saturated heterocycles. The summed E-state index contributed by atoms with van der Waals surface area (Å²) in [7, 11) is 0. The summed E-state index contributed by atoms with van der Waals surface area (Å²) in [5.74, 6) is -0.464. The first-order valence-electron chi connectivity index (χ1n) is 9.38. The number of para-hydroxylation sites is 1. The molecule has 6 heteroatoms. The highest BCUT2D eigenvalue weighted by atomic mass is 19.1. The van der Waals surface area contributed by atoms with Gasteiger partial charge in [-0.2, -0.15) is 5.10 Å². The van der Waals surface area contributed by atoms with Crippen LogP contribution in [0.4, 0.5) is 10.1 Å². The second-order valence-corrected chi connectivity index (χ2v) is 7.11. The van der Waals surface area contributed by atoms with Gasteiger partial charge in [-0.3, -0.25) is 14.5 Å². The predicted octanol–water partition coefficient (Wildman–Crippen LogP) is 4.80. The monoisotopic (exact) mass is 388 g/mol. The largest absolute Gasteiger partial charge is 0.319 e. The molecule has 0 saturated carbocycles. The summed E-state index contributed by atoms with van der Waals surface area (Å²) in [5, 5.41) is 8.38. The molecule has 2 heterocycles. The van der Waals surface area contributed by atoms with E-state index in [0.29, 0.717) is 17.8 Å². The highest BCUT2D eigenvalue weighted by Crippen LogP contribution is 2.24. The van der Waals surface area contributed by atoms with E-state index in [1.807, 2.05) is 49.7 Å². The van der Waals surface area contributed by atoms with E-state index in [1.54, 1.807) is 18.2 Å². The van der Waals surface area contributed by atoms with Crippen molar-refractivity contribution in [2.24, 2.45) is 0 Å². The van der Waals surface area contributed by atoms with E-state index < -0.39 is 0 Å². The quantitative estimate of drug-likeness (QED) is 0.546. The van der Waals surface area contributed by atoms with Crippen molar-refractivity contribution in [1.82, 2.24) is 14.8 Å². The number of carbonyl (C=O) groups excluding carboxylic acids is 1. The number of halogens is 1. The first-order valence-corrected chi connectivity index (χ1v) is 9.38. The van der Waals surface area contributed by atoms with Gasteiger partial charge in [-0.1, -0.05) is 30.3 Å². The zero-order valence-corrected chi connectivity index (χ0v) is 16.5. The first-order chi connectivity index (χ1) is 13.9. The molecule has 1 amide bonds. The number of nitrogens with one attached hydrogen (secondary N) is 1. The Hall–Kier alpha value is -3.54. The fourth-order valence-electron chi connectivity index (χ4n) is 3.47. The molecule has 0 aliphatic rings. The van der Waals surface area contributed by atoms with Crippen molar-refractivity contribution in [3.8, 4) is 0 Å². The number of carbonyl (C=O) groups is 1. The van der Waals surface area contributed by atoms with Crippen LogP contribution >= 0.6 is 0 Å². The Kier molecular flexibility index (Phi) is 4.84. The van der Waals surface area contributed by atoms with E-state index in [-0.39, 0.29) is 11.7 Å². The summed E-state index contributed by atoms with van der Waals surface area (Å²) in [6, 6.07) is 15.7. The van der Waals surface area contributed by atoms with Crippen LogP contribution in [0.1, 0.15) is 33.0 Å². The number of aryl methyl sites for hydroxylation is 2. The Bertz CT molecular complexity index is 1210. The summed E-state index contributed by atoms with van der Waals surface area (Å²) in [6.07, 6.45) is 0. The average molecular weight is 388 g/mol. The van der Waals surface area contributed by atoms with Gasteiger partial charge in [0.05, 0.1) is 34.7 Å². The molecule has 2 aromatic heterocycles. The maximum Gasteiger partial charge on any atom is 0.256 e. The predicted molar refractivity (Wildman–Crippen MR) is 112 cm³/mol. The average Bonchev–Trinajstić information content (AvgIpc) is 2.96. The van der Waals surface area contributed by atoms with E-state index in [9.17, 15) is 9.18 Å². The minimum Gasteiger partial charge on any atom is -0.319 e. The second-order valence-electron chi connectivity index (χ2n) is 7.11. The van der Waals surface area contributed by atoms with Gasteiger partial charge in [0.1, 0.15) is 5.82 Å². The molecule has 0 atom stereocenters. The fourth-order valence-corrected chi connectivity index (χ4v) is 3.47. The molecule has 4 aromatic rings. The third kappa shape index (κ3) is 3.74. The van der Waals surface area contributed by atoms with Gasteiger partial charge >= 0.3 is 0 Å². The van der Waals surface area contributed by atoms with E-state index >= 15 is 0 Å². The highest BCUT2D eigenvalue weighted by molar-refractivity contribution is 6.12. The minimum atomic E-state index is -0.269. The zero-order chi connectivity index (χ0) is 20.5. The Morgan fingerprint density at radius 3 is 2.55 bits per heavy atom. The molecular weight excluding hydrogens is 367 g/mol. The summed E-state index contributed by atoms with van der Waals surface area (Å²) in [5.41, 5.74) is 5.36. The number of pyridine rings is 1. The van der Waals surface area contributed by atoms with Crippen molar-refractivity contribution in [2.45, 2.75) is 27.3 Å². The lowest BCUT2D eigenvalue weighted by atomic mass is 10.1. The van der Waals surface area contributed by atoms with E-state index in [0.717, 1.165) is 33.5 Å². The lowest BCUT2D eigenvalue weighted by Gasteiger charge is -2.10. The summed E-state index contributed by atoms with van der Waals surface area (Å²) in [4.78, 5) is 17.6. The van der Waals surface area contributed by atoms with E-state index in [4.69, 9.17) is 0 Å². The van der Waals surface area contributed by atoms with Gasteiger partial charge in [-0.15, -0.1) is 0 Å². The number of nitrogens with zero attached hydrogens (tertiary/aromatic N) is 3. The minimum absolute atomic E-state index is 0.195. The molecule has 0 fully saturated rings. The molecule has 0 bridgehead atoms. The third-order valence-electron chi connectivity index (χ3n) is 4.95. The number of rotatable bonds is 4. The van der Waals surface area contributed by atoms with Gasteiger partial charge in [0, 0.05) is 11.1 Å². The van der Waals surface area contributed by atoms with Crippen LogP contribution < -0.4 is 5.32 Å². The van der Waals surface area contributed by atoms with Gasteiger partial charge < -0.3 is 5.32 Å².